The van der Waals surface area contributed by atoms with Crippen LogP contribution in [0.5, 0.6) is 0 Å². The summed E-state index contributed by atoms with van der Waals surface area (Å²) < 4.78 is 15.2. The van der Waals surface area contributed by atoms with Gasteiger partial charge in [-0.05, 0) is 36.5 Å². The Morgan fingerprint density at radius 3 is 2.39 bits per heavy atom. The number of carbonyl (C=O) groups excluding carboxylic acids is 2. The van der Waals surface area contributed by atoms with Crippen molar-refractivity contribution < 1.29 is 14.0 Å². The van der Waals surface area contributed by atoms with Crippen molar-refractivity contribution in [2.45, 2.75) is 54.0 Å². The van der Waals surface area contributed by atoms with E-state index in [0.717, 1.165) is 0 Å². The second-order valence-corrected chi connectivity index (χ2v) is 8.93. The fourth-order valence-electron chi connectivity index (χ4n) is 3.36. The summed E-state index contributed by atoms with van der Waals surface area (Å²) in [6.07, 6.45) is -0.446. The van der Waals surface area contributed by atoms with Crippen LogP contribution in [0.4, 0.5) is 21.6 Å². The first kappa shape index (κ1) is 25.8. The van der Waals surface area contributed by atoms with Crippen LogP contribution in [-0.4, -0.2) is 27.9 Å². The minimum Gasteiger partial charge on any atom is -0.383 e. The molecule has 0 saturated carbocycles. The number of rotatable bonds is 9. The second kappa shape index (κ2) is 10.9. The smallest absolute Gasteiger partial charge is 0.330 e. The van der Waals surface area contributed by atoms with Gasteiger partial charge in [0.05, 0.1) is 5.69 Å². The quantitative estimate of drug-likeness (QED) is 0.528. The number of halogens is 1. The van der Waals surface area contributed by atoms with Crippen LogP contribution < -0.4 is 27.2 Å². The second-order valence-electron chi connectivity index (χ2n) is 8.93. The molecule has 180 valence electrons. The number of nitrogen functional groups attached to an aromatic ring is 1. The van der Waals surface area contributed by atoms with Gasteiger partial charge in [-0.25, -0.2) is 9.18 Å². The normalized spacial score (nSPS) is 11.2. The first-order valence-corrected chi connectivity index (χ1v) is 10.9. The zero-order valence-electron chi connectivity index (χ0n) is 19.7. The summed E-state index contributed by atoms with van der Waals surface area (Å²) in [6.45, 7) is 9.67. The average molecular weight is 462 g/mol. The molecule has 33 heavy (non-hydrogen) atoms. The van der Waals surface area contributed by atoms with Crippen molar-refractivity contribution in [1.82, 2.24) is 9.55 Å². The summed E-state index contributed by atoms with van der Waals surface area (Å²) in [7, 11) is 0. The molecule has 1 heterocycles. The molecule has 0 atom stereocenters. The average Bonchev–Trinajstić information content (AvgIpc) is 2.70. The molecule has 0 spiro atoms. The number of aromatic amines is 1. The number of nitrogens with one attached hydrogen (secondary N) is 2. The van der Waals surface area contributed by atoms with Crippen LogP contribution in [-0.2, 0) is 16.1 Å². The topological polar surface area (TPSA) is 130 Å². The molecule has 2 amide bonds. The summed E-state index contributed by atoms with van der Waals surface area (Å²) in [5.74, 6) is -1.66. The minimum absolute atomic E-state index is 0.0197. The maximum absolute atomic E-state index is 14.0. The van der Waals surface area contributed by atoms with Crippen molar-refractivity contribution in [3.63, 3.8) is 0 Å². The standard InChI is InChI=1S/C23H32FN5O4/c1-13(2)11-28(20-21(25)29(12-14(3)4)23(33)27-22(20)32)19(31)9-8-18(30)26-17-7-6-15(5)10-16(17)24/h6-7,10,13-14H,8-9,11-12,25H2,1-5H3,(H,26,30)(H,27,32,33). The van der Waals surface area contributed by atoms with E-state index in [2.05, 4.69) is 10.3 Å². The third kappa shape index (κ3) is 6.77. The molecule has 0 fully saturated rings. The molecule has 0 radical (unpaired) electrons. The maximum atomic E-state index is 14.0. The van der Waals surface area contributed by atoms with E-state index < -0.39 is 28.9 Å². The van der Waals surface area contributed by atoms with Gasteiger partial charge < -0.3 is 16.0 Å². The van der Waals surface area contributed by atoms with Gasteiger partial charge in [0.15, 0.2) is 5.69 Å². The Kier molecular flexibility index (Phi) is 8.56. The summed E-state index contributed by atoms with van der Waals surface area (Å²) in [4.78, 5) is 53.6. The van der Waals surface area contributed by atoms with Gasteiger partial charge in [0.1, 0.15) is 11.6 Å². The highest BCUT2D eigenvalue weighted by Crippen LogP contribution is 2.21. The Balaban J connectivity index is 2.26. The summed E-state index contributed by atoms with van der Waals surface area (Å²) >= 11 is 0. The molecule has 9 nitrogen and oxygen atoms in total. The third-order valence-electron chi connectivity index (χ3n) is 4.85. The van der Waals surface area contributed by atoms with Gasteiger partial charge in [-0.3, -0.25) is 23.9 Å². The van der Waals surface area contributed by atoms with E-state index in [0.29, 0.717) is 5.56 Å². The molecule has 0 unspecified atom stereocenters. The van der Waals surface area contributed by atoms with E-state index in [1.54, 1.807) is 13.0 Å². The van der Waals surface area contributed by atoms with E-state index in [9.17, 15) is 23.6 Å². The number of nitrogens with two attached hydrogens (primary N) is 1. The summed E-state index contributed by atoms with van der Waals surface area (Å²) in [5.41, 5.74) is 5.38. The van der Waals surface area contributed by atoms with Crippen LogP contribution in [0.1, 0.15) is 46.1 Å². The Bertz CT molecular complexity index is 1140. The Morgan fingerprint density at radius 1 is 1.15 bits per heavy atom. The van der Waals surface area contributed by atoms with Crippen LogP contribution in [0.15, 0.2) is 27.8 Å². The number of aryl methyl sites for hydroxylation is 1. The first-order chi connectivity index (χ1) is 15.4. The largest absolute Gasteiger partial charge is 0.383 e. The number of hydrogen-bond donors (Lipinski definition) is 3. The fraction of sp³-hybridized carbons (Fsp3) is 0.478. The third-order valence-corrected chi connectivity index (χ3v) is 4.85. The van der Waals surface area contributed by atoms with E-state index in [4.69, 9.17) is 5.73 Å². The predicted octanol–water partition coefficient (Wildman–Crippen LogP) is 2.63. The lowest BCUT2D eigenvalue weighted by molar-refractivity contribution is -0.122. The Hall–Kier alpha value is -3.43. The van der Waals surface area contributed by atoms with Gasteiger partial charge >= 0.3 is 5.69 Å². The molecule has 2 aromatic rings. The van der Waals surface area contributed by atoms with Crippen molar-refractivity contribution in [2.75, 3.05) is 22.5 Å². The summed E-state index contributed by atoms with van der Waals surface area (Å²) in [6, 6.07) is 4.41. The number of amides is 2. The van der Waals surface area contributed by atoms with Crippen molar-refractivity contribution in [3.05, 3.63) is 50.4 Å². The minimum atomic E-state index is -0.766. The Labute approximate surface area is 191 Å². The number of benzene rings is 1. The Morgan fingerprint density at radius 2 is 1.82 bits per heavy atom. The first-order valence-electron chi connectivity index (χ1n) is 10.9. The van der Waals surface area contributed by atoms with Crippen LogP contribution in [0.25, 0.3) is 0 Å². The molecule has 1 aromatic carbocycles. The molecular weight excluding hydrogens is 429 g/mol. The van der Waals surface area contributed by atoms with Crippen LogP contribution in [0.3, 0.4) is 0 Å². The van der Waals surface area contributed by atoms with Crippen molar-refractivity contribution in [2.24, 2.45) is 11.8 Å². The molecule has 0 saturated heterocycles. The van der Waals surface area contributed by atoms with Crippen molar-refractivity contribution in [3.8, 4) is 0 Å². The van der Waals surface area contributed by atoms with Gasteiger partial charge in [-0.15, -0.1) is 0 Å². The number of hydrogen-bond acceptors (Lipinski definition) is 5. The molecule has 2 rings (SSSR count). The van der Waals surface area contributed by atoms with Gasteiger partial charge in [0, 0.05) is 25.9 Å². The zero-order chi connectivity index (χ0) is 24.9. The number of H-pyrrole nitrogens is 1. The fourth-order valence-corrected chi connectivity index (χ4v) is 3.36. The lowest BCUT2D eigenvalue weighted by atomic mass is 10.1. The predicted molar refractivity (Wildman–Crippen MR) is 127 cm³/mol. The highest BCUT2D eigenvalue weighted by molar-refractivity contribution is 5.99. The van der Waals surface area contributed by atoms with E-state index >= 15 is 0 Å². The molecule has 4 N–H and O–H groups in total. The molecule has 10 heteroatoms. The van der Waals surface area contributed by atoms with Gasteiger partial charge in [0.2, 0.25) is 11.8 Å². The number of nitrogens with zero attached hydrogens (tertiary/aromatic N) is 2. The van der Waals surface area contributed by atoms with Crippen molar-refractivity contribution in [1.29, 1.82) is 0 Å². The number of anilines is 3. The molecule has 1 aromatic heterocycles. The van der Waals surface area contributed by atoms with Crippen LogP contribution in [0, 0.1) is 24.6 Å². The highest BCUT2D eigenvalue weighted by Gasteiger charge is 2.25. The molecule has 0 aliphatic heterocycles. The number of carbonyl (C=O) groups is 2. The van der Waals surface area contributed by atoms with Gasteiger partial charge in [-0.1, -0.05) is 33.8 Å². The lowest BCUT2D eigenvalue weighted by Gasteiger charge is -2.26. The summed E-state index contributed by atoms with van der Waals surface area (Å²) in [5, 5.41) is 2.45. The zero-order valence-corrected chi connectivity index (χ0v) is 19.7. The van der Waals surface area contributed by atoms with E-state index in [1.165, 1.54) is 21.6 Å². The molecule has 0 aliphatic rings. The van der Waals surface area contributed by atoms with E-state index in [1.807, 2.05) is 27.7 Å². The SMILES string of the molecule is Cc1ccc(NC(=O)CCC(=O)N(CC(C)C)c2c(N)n(CC(C)C)c(=O)[nH]c2=O)c(F)c1. The highest BCUT2D eigenvalue weighted by atomic mass is 19.1. The van der Waals surface area contributed by atoms with Gasteiger partial charge in [-0.2, -0.15) is 0 Å². The van der Waals surface area contributed by atoms with E-state index in [-0.39, 0.29) is 55.0 Å². The molecule has 0 bridgehead atoms. The lowest BCUT2D eigenvalue weighted by Crippen LogP contribution is -2.43. The monoisotopic (exact) mass is 461 g/mol. The van der Waals surface area contributed by atoms with Gasteiger partial charge in [0.25, 0.3) is 5.56 Å². The van der Waals surface area contributed by atoms with Crippen LogP contribution >= 0.6 is 0 Å². The maximum Gasteiger partial charge on any atom is 0.330 e. The molecular formula is C23H32FN5O4. The van der Waals surface area contributed by atoms with Crippen LogP contribution in [0.2, 0.25) is 0 Å². The number of aromatic nitrogens is 2. The van der Waals surface area contributed by atoms with Crippen molar-refractivity contribution >= 4 is 29.0 Å². The molecule has 0 aliphatic carbocycles.